The number of hydrogen-bond acceptors (Lipinski definition) is 3. The number of nitrogens with zero attached hydrogens (tertiary/aromatic N) is 1. The first-order valence-electron chi connectivity index (χ1n) is 7.44. The van der Waals surface area contributed by atoms with Crippen molar-refractivity contribution in [3.8, 4) is 0 Å². The highest BCUT2D eigenvalue weighted by atomic mass is 16.5. The maximum atomic E-state index is 11.7. The van der Waals surface area contributed by atoms with Gasteiger partial charge in [0.25, 0.3) is 0 Å². The molecule has 0 aromatic rings. The highest BCUT2D eigenvalue weighted by Crippen LogP contribution is 2.12. The maximum Gasteiger partial charge on any atom is 0.306 e. The molecule has 0 heterocycles. The van der Waals surface area contributed by atoms with Crippen molar-refractivity contribution < 1.29 is 9.53 Å². The smallest absolute Gasteiger partial charge is 0.306 e. The quantitative estimate of drug-likeness (QED) is 0.418. The van der Waals surface area contributed by atoms with E-state index >= 15 is 0 Å². The summed E-state index contributed by atoms with van der Waals surface area (Å²) in [6.07, 6.45) is 8.15. The number of unbranched alkanes of at least 4 members (excludes halogenated alkanes) is 2. The van der Waals surface area contributed by atoms with Gasteiger partial charge in [0.15, 0.2) is 0 Å². The molecule has 3 nitrogen and oxygen atoms in total. The number of carbonyl (C=O) groups is 1. The summed E-state index contributed by atoms with van der Waals surface area (Å²) in [5.41, 5.74) is 0. The van der Waals surface area contributed by atoms with Crippen LogP contribution >= 0.6 is 0 Å². The molecule has 0 aromatic heterocycles. The van der Waals surface area contributed by atoms with Crippen LogP contribution in [0.25, 0.3) is 0 Å². The van der Waals surface area contributed by atoms with Gasteiger partial charge >= 0.3 is 5.97 Å². The molecule has 108 valence electrons. The lowest BCUT2D eigenvalue weighted by molar-refractivity contribution is -0.150. The molecule has 0 bridgehead atoms. The van der Waals surface area contributed by atoms with E-state index in [1.165, 1.54) is 6.42 Å². The van der Waals surface area contributed by atoms with E-state index in [-0.39, 0.29) is 12.1 Å². The van der Waals surface area contributed by atoms with Gasteiger partial charge in [-0.2, -0.15) is 0 Å². The summed E-state index contributed by atoms with van der Waals surface area (Å²) in [6, 6.07) is 0. The molecule has 0 aliphatic carbocycles. The van der Waals surface area contributed by atoms with Gasteiger partial charge in [0, 0.05) is 6.42 Å². The van der Waals surface area contributed by atoms with Gasteiger partial charge in [0.05, 0.1) is 0 Å². The van der Waals surface area contributed by atoms with Crippen LogP contribution < -0.4 is 0 Å². The highest BCUT2D eigenvalue weighted by Gasteiger charge is 2.12. The number of carbonyl (C=O) groups excluding carboxylic acids is 1. The standard InChI is InChI=1S/C15H31NO2/c1-5-7-11-14(10-6-2)18-15(17)12-8-9-13-16(3)4/h14H,5-13H2,1-4H3. The molecule has 0 aliphatic rings. The summed E-state index contributed by atoms with van der Waals surface area (Å²) >= 11 is 0. The maximum absolute atomic E-state index is 11.7. The highest BCUT2D eigenvalue weighted by molar-refractivity contribution is 5.69. The van der Waals surface area contributed by atoms with Gasteiger partial charge in [-0.15, -0.1) is 0 Å². The van der Waals surface area contributed by atoms with Gasteiger partial charge in [-0.1, -0.05) is 33.1 Å². The molecule has 1 atom stereocenters. The lowest BCUT2D eigenvalue weighted by Gasteiger charge is -2.17. The van der Waals surface area contributed by atoms with Gasteiger partial charge in [0.2, 0.25) is 0 Å². The summed E-state index contributed by atoms with van der Waals surface area (Å²) < 4.78 is 5.55. The fraction of sp³-hybridized carbons (Fsp3) is 0.933. The van der Waals surface area contributed by atoms with Crippen LogP contribution in [0.3, 0.4) is 0 Å². The largest absolute Gasteiger partial charge is 0.462 e. The molecule has 0 spiro atoms. The Morgan fingerprint density at radius 2 is 1.78 bits per heavy atom. The molecule has 0 amide bonds. The molecular formula is C15H31NO2. The minimum absolute atomic E-state index is 0.0108. The minimum atomic E-state index is -0.0108. The normalized spacial score (nSPS) is 12.7. The molecule has 0 aliphatic heterocycles. The van der Waals surface area contributed by atoms with Crippen molar-refractivity contribution in [3.05, 3.63) is 0 Å². The summed E-state index contributed by atoms with van der Waals surface area (Å²) in [5.74, 6) is -0.0108. The SMILES string of the molecule is CCCCC(CCC)OC(=O)CCCCN(C)C. The molecule has 0 N–H and O–H groups in total. The molecule has 0 aromatic carbocycles. The molecule has 18 heavy (non-hydrogen) atoms. The van der Waals surface area contributed by atoms with Crippen molar-refractivity contribution in [1.29, 1.82) is 0 Å². The van der Waals surface area contributed by atoms with Crippen molar-refractivity contribution in [1.82, 2.24) is 4.90 Å². The average Bonchev–Trinajstić information content (AvgIpc) is 2.31. The fourth-order valence-corrected chi connectivity index (χ4v) is 1.96. The zero-order valence-corrected chi connectivity index (χ0v) is 12.7. The Morgan fingerprint density at radius 1 is 1.06 bits per heavy atom. The summed E-state index contributed by atoms with van der Waals surface area (Å²) in [5, 5.41) is 0. The lowest BCUT2D eigenvalue weighted by Crippen LogP contribution is -2.18. The van der Waals surface area contributed by atoms with Gasteiger partial charge in [0.1, 0.15) is 6.10 Å². The van der Waals surface area contributed by atoms with Crippen LogP contribution in [0, 0.1) is 0 Å². The first-order valence-corrected chi connectivity index (χ1v) is 7.44. The Bertz CT molecular complexity index is 205. The molecule has 1 unspecified atom stereocenters. The summed E-state index contributed by atoms with van der Waals surface area (Å²) in [7, 11) is 4.11. The molecule has 0 radical (unpaired) electrons. The second kappa shape index (κ2) is 11.5. The van der Waals surface area contributed by atoms with E-state index in [1.54, 1.807) is 0 Å². The van der Waals surface area contributed by atoms with Crippen molar-refractivity contribution in [2.45, 2.75) is 71.3 Å². The molecular weight excluding hydrogens is 226 g/mol. The molecule has 0 rings (SSSR count). The number of esters is 1. The van der Waals surface area contributed by atoms with Crippen LogP contribution in [0.15, 0.2) is 0 Å². The fourth-order valence-electron chi connectivity index (χ4n) is 1.96. The van der Waals surface area contributed by atoms with E-state index in [1.807, 2.05) is 0 Å². The van der Waals surface area contributed by atoms with E-state index in [0.29, 0.717) is 6.42 Å². The number of rotatable bonds is 11. The van der Waals surface area contributed by atoms with E-state index < -0.39 is 0 Å². The van der Waals surface area contributed by atoms with Crippen LogP contribution in [0.1, 0.15) is 65.2 Å². The van der Waals surface area contributed by atoms with E-state index in [0.717, 1.165) is 45.1 Å². The van der Waals surface area contributed by atoms with Crippen LogP contribution in [0.2, 0.25) is 0 Å². The first kappa shape index (κ1) is 17.4. The lowest BCUT2D eigenvalue weighted by atomic mass is 10.1. The van der Waals surface area contributed by atoms with Crippen molar-refractivity contribution in [2.75, 3.05) is 20.6 Å². The summed E-state index contributed by atoms with van der Waals surface area (Å²) in [4.78, 5) is 13.8. The first-order chi connectivity index (χ1) is 8.60. The van der Waals surface area contributed by atoms with Crippen molar-refractivity contribution >= 4 is 5.97 Å². The third-order valence-electron chi connectivity index (χ3n) is 3.02. The second-order valence-electron chi connectivity index (χ2n) is 5.30. The topological polar surface area (TPSA) is 29.5 Å². The Morgan fingerprint density at radius 3 is 2.33 bits per heavy atom. The Labute approximate surface area is 113 Å². The third-order valence-corrected chi connectivity index (χ3v) is 3.02. The third kappa shape index (κ3) is 10.6. The van der Waals surface area contributed by atoms with Crippen molar-refractivity contribution in [3.63, 3.8) is 0 Å². The van der Waals surface area contributed by atoms with Gasteiger partial charge in [-0.05, 0) is 46.3 Å². The Balaban J connectivity index is 3.72. The van der Waals surface area contributed by atoms with E-state index in [2.05, 4.69) is 32.8 Å². The van der Waals surface area contributed by atoms with Gasteiger partial charge in [-0.3, -0.25) is 4.79 Å². The van der Waals surface area contributed by atoms with Crippen LogP contribution in [0.4, 0.5) is 0 Å². The zero-order chi connectivity index (χ0) is 13.8. The second-order valence-corrected chi connectivity index (χ2v) is 5.30. The molecule has 0 fully saturated rings. The van der Waals surface area contributed by atoms with Gasteiger partial charge in [-0.25, -0.2) is 0 Å². The molecule has 3 heteroatoms. The Kier molecular flexibility index (Phi) is 11.2. The molecule has 0 saturated carbocycles. The van der Waals surface area contributed by atoms with Crippen LogP contribution in [-0.2, 0) is 9.53 Å². The Hall–Kier alpha value is -0.570. The van der Waals surface area contributed by atoms with Crippen molar-refractivity contribution in [2.24, 2.45) is 0 Å². The van der Waals surface area contributed by atoms with E-state index in [9.17, 15) is 4.79 Å². The van der Waals surface area contributed by atoms with Crippen LogP contribution in [-0.4, -0.2) is 37.6 Å². The number of hydrogen-bond donors (Lipinski definition) is 0. The minimum Gasteiger partial charge on any atom is -0.462 e. The summed E-state index contributed by atoms with van der Waals surface area (Å²) in [6.45, 7) is 5.36. The monoisotopic (exact) mass is 257 g/mol. The predicted molar refractivity (Wildman–Crippen MR) is 76.7 cm³/mol. The predicted octanol–water partition coefficient (Wildman–Crippen LogP) is 3.62. The van der Waals surface area contributed by atoms with E-state index in [4.69, 9.17) is 4.74 Å². The average molecular weight is 257 g/mol. The number of ether oxygens (including phenoxy) is 1. The van der Waals surface area contributed by atoms with Gasteiger partial charge < -0.3 is 9.64 Å². The zero-order valence-electron chi connectivity index (χ0n) is 12.7. The molecule has 0 saturated heterocycles. The van der Waals surface area contributed by atoms with Crippen LogP contribution in [0.5, 0.6) is 0 Å².